The molecule has 0 spiro atoms. The van der Waals surface area contributed by atoms with Gasteiger partial charge in [0.05, 0.1) is 0 Å². The summed E-state index contributed by atoms with van der Waals surface area (Å²) in [5.74, 6) is -1.00. The van der Waals surface area contributed by atoms with Gasteiger partial charge >= 0.3 is 0 Å². The number of carbonyl (C=O) groups is 2. The summed E-state index contributed by atoms with van der Waals surface area (Å²) >= 11 is 3.21. The second kappa shape index (κ2) is 4.87. The molecule has 1 unspecified atom stereocenters. The summed E-state index contributed by atoms with van der Waals surface area (Å²) in [6, 6.07) is 6.48. The average Bonchev–Trinajstić information content (AvgIpc) is 2.14. The smallest absolute Gasteiger partial charge is 0.200 e. The van der Waals surface area contributed by atoms with Gasteiger partial charge in [-0.3, -0.25) is 9.59 Å². The third-order valence-corrected chi connectivity index (χ3v) is 2.63. The normalized spacial score (nSPS) is 14.2. The molecule has 0 amide bonds. The van der Waals surface area contributed by atoms with Crippen molar-refractivity contribution in [3.63, 3.8) is 0 Å². The molecule has 0 aliphatic carbocycles. The molecule has 16 heavy (non-hydrogen) atoms. The lowest BCUT2D eigenvalue weighted by Crippen LogP contribution is -2.32. The first-order valence-electron chi connectivity index (χ1n) is 4.81. The lowest BCUT2D eigenvalue weighted by molar-refractivity contribution is -0.118. The SMILES string of the molecule is CC(=O)CC(C)(F)C(=O)c1cccc(Br)c1. The topological polar surface area (TPSA) is 34.1 Å². The number of benzene rings is 1. The fourth-order valence-electron chi connectivity index (χ4n) is 1.48. The number of Topliss-reactive ketones (excluding diaryl/α,β-unsaturated/α-hetero) is 2. The molecule has 0 aliphatic rings. The van der Waals surface area contributed by atoms with Gasteiger partial charge in [0.15, 0.2) is 11.5 Å². The molecule has 0 aromatic heterocycles. The quantitative estimate of drug-likeness (QED) is 0.796. The lowest BCUT2D eigenvalue weighted by Gasteiger charge is -2.17. The van der Waals surface area contributed by atoms with Gasteiger partial charge in [-0.2, -0.15) is 0 Å². The largest absolute Gasteiger partial charge is 0.300 e. The zero-order valence-electron chi connectivity index (χ0n) is 9.09. The minimum Gasteiger partial charge on any atom is -0.300 e. The zero-order valence-corrected chi connectivity index (χ0v) is 10.7. The molecule has 4 heteroatoms. The van der Waals surface area contributed by atoms with Crippen LogP contribution in [-0.2, 0) is 4.79 Å². The van der Waals surface area contributed by atoms with E-state index in [-0.39, 0.29) is 11.3 Å². The van der Waals surface area contributed by atoms with Crippen molar-refractivity contribution in [2.45, 2.75) is 25.9 Å². The zero-order chi connectivity index (χ0) is 12.3. The van der Waals surface area contributed by atoms with Crippen LogP contribution >= 0.6 is 15.9 Å². The number of ketones is 2. The van der Waals surface area contributed by atoms with Gasteiger partial charge in [-0.05, 0) is 26.0 Å². The number of rotatable bonds is 4. The van der Waals surface area contributed by atoms with Gasteiger partial charge in [-0.15, -0.1) is 0 Å². The second-order valence-corrected chi connectivity index (χ2v) is 4.83. The Balaban J connectivity index is 2.97. The van der Waals surface area contributed by atoms with Crippen molar-refractivity contribution < 1.29 is 14.0 Å². The van der Waals surface area contributed by atoms with E-state index in [2.05, 4.69) is 15.9 Å². The molecule has 0 aliphatic heterocycles. The summed E-state index contributed by atoms with van der Waals surface area (Å²) in [5.41, 5.74) is -1.87. The van der Waals surface area contributed by atoms with Crippen LogP contribution in [0.3, 0.4) is 0 Å². The van der Waals surface area contributed by atoms with Gasteiger partial charge in [0, 0.05) is 16.5 Å². The minimum atomic E-state index is -2.13. The average molecular weight is 287 g/mol. The molecule has 1 aromatic carbocycles. The van der Waals surface area contributed by atoms with Gasteiger partial charge in [-0.25, -0.2) is 4.39 Å². The predicted molar refractivity (Wildman–Crippen MR) is 63.3 cm³/mol. The Bertz CT molecular complexity index is 427. The molecule has 0 saturated carbocycles. The van der Waals surface area contributed by atoms with E-state index in [1.807, 2.05) is 0 Å². The molecule has 86 valence electrons. The maximum atomic E-state index is 14.0. The van der Waals surface area contributed by atoms with Crippen LogP contribution in [0.2, 0.25) is 0 Å². The van der Waals surface area contributed by atoms with Gasteiger partial charge < -0.3 is 0 Å². The molecule has 1 atom stereocenters. The summed E-state index contributed by atoms with van der Waals surface area (Å²) in [4.78, 5) is 22.7. The Labute approximate surface area is 102 Å². The Morgan fingerprint density at radius 3 is 2.56 bits per heavy atom. The van der Waals surface area contributed by atoms with E-state index in [0.717, 1.165) is 6.92 Å². The number of halogens is 2. The number of hydrogen-bond donors (Lipinski definition) is 0. The molecule has 0 bridgehead atoms. The maximum absolute atomic E-state index is 14.0. The summed E-state index contributed by atoms with van der Waals surface area (Å²) in [7, 11) is 0. The Morgan fingerprint density at radius 1 is 1.44 bits per heavy atom. The van der Waals surface area contributed by atoms with E-state index < -0.39 is 17.9 Å². The van der Waals surface area contributed by atoms with Crippen LogP contribution in [0.5, 0.6) is 0 Å². The molecule has 1 rings (SSSR count). The van der Waals surface area contributed by atoms with E-state index in [1.165, 1.54) is 13.0 Å². The minimum absolute atomic E-state index is 0.264. The van der Waals surface area contributed by atoms with E-state index in [1.54, 1.807) is 18.2 Å². The van der Waals surface area contributed by atoms with Crippen molar-refractivity contribution >= 4 is 27.5 Å². The van der Waals surface area contributed by atoms with Crippen LogP contribution < -0.4 is 0 Å². The van der Waals surface area contributed by atoms with Crippen LogP contribution in [0.15, 0.2) is 28.7 Å². The van der Waals surface area contributed by atoms with Crippen LogP contribution in [0.1, 0.15) is 30.6 Å². The van der Waals surface area contributed by atoms with Crippen molar-refractivity contribution in [3.05, 3.63) is 34.3 Å². The first kappa shape index (κ1) is 13.0. The monoisotopic (exact) mass is 286 g/mol. The fourth-order valence-corrected chi connectivity index (χ4v) is 1.88. The molecule has 0 heterocycles. The summed E-state index contributed by atoms with van der Waals surface area (Å²) in [5, 5.41) is 0. The standard InChI is InChI=1S/C12H12BrFO2/c1-8(15)7-12(2,14)11(16)9-4-3-5-10(13)6-9/h3-6H,7H2,1-2H3. The molecule has 1 aromatic rings. The van der Waals surface area contributed by atoms with Crippen molar-refractivity contribution in [1.29, 1.82) is 0 Å². The highest BCUT2D eigenvalue weighted by molar-refractivity contribution is 9.10. The third-order valence-electron chi connectivity index (χ3n) is 2.14. The van der Waals surface area contributed by atoms with E-state index in [0.29, 0.717) is 4.47 Å². The predicted octanol–water partition coefficient (Wildman–Crippen LogP) is 3.34. The van der Waals surface area contributed by atoms with Crippen molar-refractivity contribution in [3.8, 4) is 0 Å². The fraction of sp³-hybridized carbons (Fsp3) is 0.333. The summed E-state index contributed by atoms with van der Waals surface area (Å²) in [6.45, 7) is 2.41. The number of alkyl halides is 1. The summed E-state index contributed by atoms with van der Waals surface area (Å²) < 4.78 is 14.7. The van der Waals surface area contributed by atoms with Crippen molar-refractivity contribution in [1.82, 2.24) is 0 Å². The second-order valence-electron chi connectivity index (χ2n) is 3.92. The highest BCUT2D eigenvalue weighted by Crippen LogP contribution is 2.23. The van der Waals surface area contributed by atoms with Crippen LogP contribution in [0.25, 0.3) is 0 Å². The van der Waals surface area contributed by atoms with Crippen LogP contribution in [0, 0.1) is 0 Å². The lowest BCUT2D eigenvalue weighted by atomic mass is 9.92. The Morgan fingerprint density at radius 2 is 2.06 bits per heavy atom. The number of hydrogen-bond acceptors (Lipinski definition) is 2. The molecular weight excluding hydrogens is 275 g/mol. The van der Waals surface area contributed by atoms with Crippen molar-refractivity contribution in [2.75, 3.05) is 0 Å². The highest BCUT2D eigenvalue weighted by atomic mass is 79.9. The maximum Gasteiger partial charge on any atom is 0.200 e. The van der Waals surface area contributed by atoms with E-state index >= 15 is 0 Å². The van der Waals surface area contributed by atoms with Gasteiger partial charge in [-0.1, -0.05) is 28.1 Å². The van der Waals surface area contributed by atoms with Crippen LogP contribution in [-0.4, -0.2) is 17.2 Å². The number of carbonyl (C=O) groups excluding carboxylic acids is 2. The first-order chi connectivity index (χ1) is 7.33. The molecule has 0 radical (unpaired) electrons. The van der Waals surface area contributed by atoms with E-state index in [4.69, 9.17) is 0 Å². The van der Waals surface area contributed by atoms with Gasteiger partial charge in [0.25, 0.3) is 0 Å². The molecular formula is C12H12BrFO2. The Kier molecular flexibility index (Phi) is 3.97. The van der Waals surface area contributed by atoms with E-state index in [9.17, 15) is 14.0 Å². The summed E-state index contributed by atoms with van der Waals surface area (Å²) in [6.07, 6.45) is -0.391. The first-order valence-corrected chi connectivity index (χ1v) is 5.61. The van der Waals surface area contributed by atoms with Gasteiger partial charge in [0.1, 0.15) is 5.78 Å². The Hall–Kier alpha value is -1.03. The van der Waals surface area contributed by atoms with Gasteiger partial charge in [0.2, 0.25) is 0 Å². The van der Waals surface area contributed by atoms with Crippen molar-refractivity contribution in [2.24, 2.45) is 0 Å². The molecule has 0 fully saturated rings. The molecule has 2 nitrogen and oxygen atoms in total. The molecule has 0 N–H and O–H groups in total. The molecule has 0 saturated heterocycles. The van der Waals surface area contributed by atoms with Crippen LogP contribution in [0.4, 0.5) is 4.39 Å². The highest BCUT2D eigenvalue weighted by Gasteiger charge is 2.34. The third kappa shape index (κ3) is 3.23.